The van der Waals surface area contributed by atoms with Gasteiger partial charge in [0.15, 0.2) is 5.41 Å². The maximum absolute atomic E-state index is 15.3. The van der Waals surface area contributed by atoms with E-state index in [0.717, 1.165) is 0 Å². The lowest BCUT2D eigenvalue weighted by atomic mass is 9.82. The molecule has 0 fully saturated rings. The van der Waals surface area contributed by atoms with Gasteiger partial charge in [0.2, 0.25) is 0 Å². The summed E-state index contributed by atoms with van der Waals surface area (Å²) in [7, 11) is -4.95. The van der Waals surface area contributed by atoms with Gasteiger partial charge >= 0.3 is 11.9 Å². The Morgan fingerprint density at radius 2 is 0.661 bits per heavy atom. The average Bonchev–Trinajstić information content (AvgIpc) is 3.28. The monoisotopic (exact) mass is 944 g/mol. The Morgan fingerprint density at radius 1 is 0.407 bits per heavy atom. The van der Waals surface area contributed by atoms with E-state index >= 15 is 9.59 Å². The normalized spacial score (nSPS) is 11.3. The van der Waals surface area contributed by atoms with Crippen molar-refractivity contribution in [3.05, 3.63) is 212 Å². The van der Waals surface area contributed by atoms with Gasteiger partial charge in [-0.05, 0) is 91.9 Å². The number of carbonyl (C=O) groups excluding carboxylic acids is 2. The van der Waals surface area contributed by atoms with Crippen LogP contribution in [0, 0.1) is 5.41 Å². The zero-order chi connectivity index (χ0) is 39.4. The highest BCUT2D eigenvalue weighted by Gasteiger charge is 2.57. The summed E-state index contributed by atoms with van der Waals surface area (Å²) in [6.07, 6.45) is 1.48. The molecular weight excluding hydrogens is 898 g/mol. The number of para-hydroxylation sites is 1. The molecule has 0 heterocycles. The molecule has 0 saturated heterocycles. The van der Waals surface area contributed by atoms with Crippen LogP contribution in [-0.4, -0.2) is 30.9 Å². The smallest absolute Gasteiger partial charge is 0.329 e. The van der Waals surface area contributed by atoms with E-state index in [-0.39, 0.29) is 53.4 Å². The molecule has 0 aliphatic carbocycles. The minimum atomic E-state index is -2.48. The second kappa shape index (κ2) is 21.5. The molecule has 0 saturated carbocycles. The van der Waals surface area contributed by atoms with Crippen molar-refractivity contribution in [1.29, 1.82) is 0 Å². The van der Waals surface area contributed by atoms with Gasteiger partial charge in [-0.25, -0.2) is 0 Å². The van der Waals surface area contributed by atoms with Gasteiger partial charge in [0, 0.05) is 12.8 Å². The van der Waals surface area contributed by atoms with E-state index in [2.05, 4.69) is 146 Å². The molecule has 0 amide bonds. The van der Waals surface area contributed by atoms with E-state index < -0.39 is 31.9 Å². The van der Waals surface area contributed by atoms with Crippen LogP contribution in [0.25, 0.3) is 0 Å². The van der Waals surface area contributed by atoms with Crippen LogP contribution in [0.1, 0.15) is 19.8 Å². The highest BCUT2D eigenvalue weighted by molar-refractivity contribution is 7.96. The first-order chi connectivity index (χ1) is 28.0. The summed E-state index contributed by atoms with van der Waals surface area (Å²) in [6.45, 7) is 1.93. The second-order valence-corrected chi connectivity index (χ2v) is 21.3. The predicted molar refractivity (Wildman–Crippen MR) is 240 cm³/mol. The molecule has 0 unspecified atom stereocenters. The Hall–Kier alpha value is -4.70. The molecule has 0 aliphatic heterocycles. The van der Waals surface area contributed by atoms with Crippen molar-refractivity contribution in [3.8, 4) is 5.75 Å². The lowest BCUT2D eigenvalue weighted by Gasteiger charge is -2.35. The van der Waals surface area contributed by atoms with Crippen molar-refractivity contribution in [3.63, 3.8) is 0 Å². The largest absolute Gasteiger partial charge is 1.00 e. The molecule has 0 N–H and O–H groups in total. The zero-order valence-electron chi connectivity index (χ0n) is 33.0. The third-order valence-electron chi connectivity index (χ3n) is 10.9. The molecule has 0 aliphatic rings. The van der Waals surface area contributed by atoms with E-state index in [1.807, 2.05) is 54.6 Å². The fourth-order valence-corrected chi connectivity index (χ4v) is 16.9. The SMILES string of the molecule is CCOC(=O)C(CC[P+](c1ccccc1)(c1ccccc1)c1ccccc1)(CC[P+](c1ccccc1)(c1ccccc1)c1ccccc1)C(=O)Oc1ccccc1.[Br-].[Br-]. The van der Waals surface area contributed by atoms with Crippen LogP contribution in [0.5, 0.6) is 5.75 Å². The van der Waals surface area contributed by atoms with E-state index in [0.29, 0.717) is 18.1 Å². The first-order valence-electron chi connectivity index (χ1n) is 19.6. The fourth-order valence-electron chi connectivity index (χ4n) is 8.06. The summed E-state index contributed by atoms with van der Waals surface area (Å²) in [4.78, 5) is 30.4. The van der Waals surface area contributed by atoms with E-state index in [9.17, 15) is 0 Å². The Bertz CT molecular complexity index is 2000. The van der Waals surface area contributed by atoms with Gasteiger partial charge in [-0.15, -0.1) is 0 Å². The topological polar surface area (TPSA) is 52.6 Å². The van der Waals surface area contributed by atoms with Crippen LogP contribution in [0.2, 0.25) is 0 Å². The van der Waals surface area contributed by atoms with Crippen LogP contribution in [-0.2, 0) is 14.3 Å². The van der Waals surface area contributed by atoms with Gasteiger partial charge in [-0.3, -0.25) is 9.59 Å². The van der Waals surface area contributed by atoms with Gasteiger partial charge in [0.1, 0.15) is 52.1 Å². The summed E-state index contributed by atoms with van der Waals surface area (Å²) in [5.41, 5.74) is -1.65. The van der Waals surface area contributed by atoms with Gasteiger partial charge in [-0.1, -0.05) is 127 Å². The Kier molecular flexibility index (Phi) is 16.6. The molecule has 8 heteroatoms. The van der Waals surface area contributed by atoms with Crippen molar-refractivity contribution >= 4 is 58.3 Å². The molecule has 7 rings (SSSR count). The molecule has 0 radical (unpaired) electrons. The highest BCUT2D eigenvalue weighted by atomic mass is 79.9. The minimum Gasteiger partial charge on any atom is -1.00 e. The van der Waals surface area contributed by atoms with E-state index in [1.165, 1.54) is 31.8 Å². The first kappa shape index (κ1) is 45.4. The van der Waals surface area contributed by atoms with Crippen molar-refractivity contribution in [2.75, 3.05) is 18.9 Å². The molecule has 300 valence electrons. The number of hydrogen-bond acceptors (Lipinski definition) is 4. The lowest BCUT2D eigenvalue weighted by molar-refractivity contribution is -0.167. The van der Waals surface area contributed by atoms with Crippen molar-refractivity contribution in [2.24, 2.45) is 5.41 Å². The molecule has 59 heavy (non-hydrogen) atoms. The molecule has 0 bridgehead atoms. The number of halogens is 2. The van der Waals surface area contributed by atoms with Gasteiger partial charge in [-0.2, -0.15) is 0 Å². The second-order valence-electron chi connectivity index (χ2n) is 14.1. The third kappa shape index (κ3) is 9.69. The highest BCUT2D eigenvalue weighted by Crippen LogP contribution is 2.60. The maximum Gasteiger partial charge on any atom is 0.329 e. The number of hydrogen-bond donors (Lipinski definition) is 0. The predicted octanol–water partition coefficient (Wildman–Crippen LogP) is 2.92. The Morgan fingerprint density at radius 3 is 0.915 bits per heavy atom. The van der Waals surface area contributed by atoms with Gasteiger partial charge in [0.25, 0.3) is 0 Å². The number of ether oxygens (including phenoxy) is 2. The fraction of sp³-hybridized carbons (Fsp3) is 0.137. The summed E-state index contributed by atoms with van der Waals surface area (Å²) in [6, 6.07) is 72.6. The van der Waals surface area contributed by atoms with Crippen LogP contribution in [0.4, 0.5) is 0 Å². The molecule has 0 aromatic heterocycles. The van der Waals surface area contributed by atoms with E-state index in [1.54, 1.807) is 19.1 Å². The van der Waals surface area contributed by atoms with Gasteiger partial charge < -0.3 is 43.4 Å². The van der Waals surface area contributed by atoms with Crippen molar-refractivity contribution in [2.45, 2.75) is 19.8 Å². The molecule has 0 atom stereocenters. The molecule has 7 aromatic carbocycles. The van der Waals surface area contributed by atoms with Crippen molar-refractivity contribution < 1.29 is 53.0 Å². The quantitative estimate of drug-likeness (QED) is 0.0649. The van der Waals surface area contributed by atoms with Crippen LogP contribution in [0.15, 0.2) is 212 Å². The molecule has 7 aromatic rings. The number of benzene rings is 7. The number of rotatable bonds is 16. The summed E-state index contributed by atoms with van der Waals surface area (Å²) in [5, 5.41) is 7.06. The minimum absolute atomic E-state index is 0. The summed E-state index contributed by atoms with van der Waals surface area (Å²) in [5.74, 6) is -0.751. The summed E-state index contributed by atoms with van der Waals surface area (Å²) < 4.78 is 12.3. The lowest BCUT2D eigenvalue weighted by Crippen LogP contribution is -3.00. The molecule has 4 nitrogen and oxygen atoms in total. The van der Waals surface area contributed by atoms with E-state index in [4.69, 9.17) is 9.47 Å². The Labute approximate surface area is 371 Å². The van der Waals surface area contributed by atoms with Crippen LogP contribution >= 0.6 is 14.5 Å². The first-order valence-corrected chi connectivity index (χ1v) is 23.5. The van der Waals surface area contributed by atoms with Crippen LogP contribution < -0.4 is 70.5 Å². The van der Waals surface area contributed by atoms with Crippen LogP contribution in [0.3, 0.4) is 0 Å². The standard InChI is InChI=1S/C51H48O4P2.2BrH/c1-2-54-49(52)51(50(53)55-42-24-10-3-11-25-42,38-40-56(43-26-12-4-13-27-43,44-28-14-5-15-29-44)45-30-16-6-17-31-45)39-41-57(46-32-18-7-19-33-46,47-34-20-8-21-35-47)48-36-22-9-23-37-48;;/h3-37H,2,38-41H2,1H3;2*1H/q+2;;/p-2. The van der Waals surface area contributed by atoms with Gasteiger partial charge in [0.05, 0.1) is 18.9 Å². The Balaban J connectivity index is 0.00000331. The summed E-state index contributed by atoms with van der Waals surface area (Å²) >= 11 is 0. The van der Waals surface area contributed by atoms with Crippen molar-refractivity contribution in [1.82, 2.24) is 0 Å². The third-order valence-corrected chi connectivity index (χ3v) is 19.8. The average molecular weight is 947 g/mol. The number of esters is 2. The molecule has 0 spiro atoms. The number of carbonyl (C=O) groups is 2. The molecular formula is C51H48Br2O4P2. The maximum atomic E-state index is 15.3. The zero-order valence-corrected chi connectivity index (χ0v) is 38.0.